The predicted molar refractivity (Wildman–Crippen MR) is 117 cm³/mol. The first-order valence-corrected chi connectivity index (χ1v) is 11.0. The largest absolute Gasteiger partial charge is 0.465 e. The molecule has 4 rings (SSSR count). The SMILES string of the molecule is CCn1c(=O)n(CC(=O)Nc2sc3c(c2C(=O)OC)CCC(C)C3)c2ccccc21. The molecule has 30 heavy (non-hydrogen) atoms. The van der Waals surface area contributed by atoms with Gasteiger partial charge in [0.1, 0.15) is 11.5 Å². The van der Waals surface area contributed by atoms with Crippen LogP contribution in [0.5, 0.6) is 0 Å². The van der Waals surface area contributed by atoms with Gasteiger partial charge in [-0.1, -0.05) is 19.1 Å². The minimum absolute atomic E-state index is 0.119. The molecule has 1 aliphatic carbocycles. The number of nitrogens with zero attached hydrogens (tertiary/aromatic N) is 2. The lowest BCUT2D eigenvalue weighted by atomic mass is 9.88. The minimum Gasteiger partial charge on any atom is -0.465 e. The summed E-state index contributed by atoms with van der Waals surface area (Å²) in [5.41, 5.74) is 2.74. The molecule has 1 aromatic carbocycles. The van der Waals surface area contributed by atoms with Crippen LogP contribution < -0.4 is 11.0 Å². The molecule has 2 heterocycles. The van der Waals surface area contributed by atoms with Gasteiger partial charge in [-0.3, -0.25) is 13.9 Å². The van der Waals surface area contributed by atoms with Crippen molar-refractivity contribution in [1.82, 2.24) is 9.13 Å². The normalized spacial score (nSPS) is 15.8. The minimum atomic E-state index is -0.433. The zero-order valence-electron chi connectivity index (χ0n) is 17.4. The average molecular weight is 428 g/mol. The molecule has 1 aliphatic rings. The highest BCUT2D eigenvalue weighted by Crippen LogP contribution is 2.40. The van der Waals surface area contributed by atoms with Gasteiger partial charge in [-0.15, -0.1) is 11.3 Å². The van der Waals surface area contributed by atoms with Gasteiger partial charge in [0.2, 0.25) is 5.91 Å². The fourth-order valence-corrected chi connectivity index (χ4v) is 5.61. The summed E-state index contributed by atoms with van der Waals surface area (Å²) in [5, 5.41) is 3.39. The number of carbonyl (C=O) groups is 2. The zero-order valence-corrected chi connectivity index (χ0v) is 18.2. The first-order valence-electron chi connectivity index (χ1n) is 10.1. The van der Waals surface area contributed by atoms with E-state index in [1.807, 2.05) is 31.2 Å². The second-order valence-corrected chi connectivity index (χ2v) is 8.80. The number of fused-ring (bicyclic) bond motifs is 2. The number of ether oxygens (including phenoxy) is 1. The van der Waals surface area contributed by atoms with E-state index in [4.69, 9.17) is 4.74 Å². The second-order valence-electron chi connectivity index (χ2n) is 7.70. The molecule has 1 N–H and O–H groups in total. The number of anilines is 1. The van der Waals surface area contributed by atoms with Gasteiger partial charge < -0.3 is 10.1 Å². The first-order chi connectivity index (χ1) is 14.4. The Hall–Kier alpha value is -2.87. The molecule has 0 aliphatic heterocycles. The summed E-state index contributed by atoms with van der Waals surface area (Å²) in [4.78, 5) is 39.3. The highest BCUT2D eigenvalue weighted by Gasteiger charge is 2.29. The molecule has 1 atom stereocenters. The van der Waals surface area contributed by atoms with E-state index in [2.05, 4.69) is 12.2 Å². The number of para-hydroxylation sites is 2. The van der Waals surface area contributed by atoms with Crippen molar-refractivity contribution in [2.45, 2.75) is 46.2 Å². The van der Waals surface area contributed by atoms with Crippen molar-refractivity contribution in [2.24, 2.45) is 5.92 Å². The summed E-state index contributed by atoms with van der Waals surface area (Å²) in [6, 6.07) is 7.43. The number of aryl methyl sites for hydroxylation is 1. The molecular formula is C22H25N3O4S. The predicted octanol–water partition coefficient (Wildman–Crippen LogP) is 3.43. The fourth-order valence-electron chi connectivity index (χ4n) is 4.20. The number of methoxy groups -OCH3 is 1. The lowest BCUT2D eigenvalue weighted by molar-refractivity contribution is -0.116. The molecule has 1 amide bonds. The quantitative estimate of drug-likeness (QED) is 0.633. The number of carbonyl (C=O) groups excluding carboxylic acids is 2. The van der Waals surface area contributed by atoms with Crippen molar-refractivity contribution in [3.8, 4) is 0 Å². The summed E-state index contributed by atoms with van der Waals surface area (Å²) in [7, 11) is 1.35. The van der Waals surface area contributed by atoms with Crippen LogP contribution in [0.2, 0.25) is 0 Å². The van der Waals surface area contributed by atoms with Gasteiger partial charge in [0, 0.05) is 11.4 Å². The summed E-state index contributed by atoms with van der Waals surface area (Å²) < 4.78 is 8.10. The third-order valence-electron chi connectivity index (χ3n) is 5.70. The number of benzene rings is 1. The van der Waals surface area contributed by atoms with E-state index in [-0.39, 0.29) is 18.1 Å². The summed E-state index contributed by atoms with van der Waals surface area (Å²) in [6.07, 6.45) is 2.70. The average Bonchev–Trinajstić information content (AvgIpc) is 3.21. The number of amides is 1. The number of rotatable bonds is 5. The van der Waals surface area contributed by atoms with Crippen LogP contribution in [0, 0.1) is 5.92 Å². The Morgan fingerprint density at radius 3 is 2.60 bits per heavy atom. The van der Waals surface area contributed by atoms with Gasteiger partial charge in [0.15, 0.2) is 0 Å². The molecule has 0 spiro atoms. The number of hydrogen-bond acceptors (Lipinski definition) is 5. The van der Waals surface area contributed by atoms with Crippen LogP contribution in [0.3, 0.4) is 0 Å². The van der Waals surface area contributed by atoms with Crippen LogP contribution in [-0.4, -0.2) is 28.1 Å². The lowest BCUT2D eigenvalue weighted by Gasteiger charge is -2.18. The number of imidazole rings is 1. The van der Waals surface area contributed by atoms with E-state index in [0.29, 0.717) is 28.5 Å². The molecule has 0 fully saturated rings. The van der Waals surface area contributed by atoms with Crippen LogP contribution in [0.15, 0.2) is 29.1 Å². The van der Waals surface area contributed by atoms with Crippen LogP contribution in [0.1, 0.15) is 41.1 Å². The van der Waals surface area contributed by atoms with Gasteiger partial charge >= 0.3 is 11.7 Å². The second kappa shape index (κ2) is 8.10. The topological polar surface area (TPSA) is 82.3 Å². The van der Waals surface area contributed by atoms with Gasteiger partial charge in [-0.25, -0.2) is 9.59 Å². The van der Waals surface area contributed by atoms with Crippen molar-refractivity contribution in [3.05, 3.63) is 50.8 Å². The highest BCUT2D eigenvalue weighted by molar-refractivity contribution is 7.17. The maximum absolute atomic E-state index is 12.9. The molecule has 3 aromatic rings. The van der Waals surface area contributed by atoms with Crippen LogP contribution in [-0.2, 0) is 35.5 Å². The van der Waals surface area contributed by atoms with Crippen molar-refractivity contribution in [3.63, 3.8) is 0 Å². The van der Waals surface area contributed by atoms with E-state index < -0.39 is 5.97 Å². The zero-order chi connectivity index (χ0) is 21.4. The van der Waals surface area contributed by atoms with Crippen molar-refractivity contribution >= 4 is 39.2 Å². The monoisotopic (exact) mass is 427 g/mol. The van der Waals surface area contributed by atoms with E-state index in [1.165, 1.54) is 23.0 Å². The first kappa shape index (κ1) is 20.4. The Kier molecular flexibility index (Phi) is 5.51. The van der Waals surface area contributed by atoms with Gasteiger partial charge in [-0.2, -0.15) is 0 Å². The van der Waals surface area contributed by atoms with Gasteiger partial charge in [0.05, 0.1) is 23.7 Å². The van der Waals surface area contributed by atoms with Gasteiger partial charge in [0.25, 0.3) is 0 Å². The van der Waals surface area contributed by atoms with Crippen molar-refractivity contribution in [1.29, 1.82) is 0 Å². The van der Waals surface area contributed by atoms with Crippen molar-refractivity contribution in [2.75, 3.05) is 12.4 Å². The molecule has 8 heteroatoms. The van der Waals surface area contributed by atoms with Crippen LogP contribution in [0.4, 0.5) is 5.00 Å². The lowest BCUT2D eigenvalue weighted by Crippen LogP contribution is -2.29. The molecule has 7 nitrogen and oxygen atoms in total. The Morgan fingerprint density at radius 2 is 1.93 bits per heavy atom. The summed E-state index contributed by atoms with van der Waals surface area (Å²) in [6.45, 7) is 4.49. The molecule has 1 unspecified atom stereocenters. The number of thiophene rings is 1. The maximum Gasteiger partial charge on any atom is 0.341 e. The molecule has 0 saturated heterocycles. The summed E-state index contributed by atoms with van der Waals surface area (Å²) >= 11 is 1.44. The Bertz CT molecular complexity index is 1190. The van der Waals surface area contributed by atoms with E-state index in [1.54, 1.807) is 4.57 Å². The molecule has 0 bridgehead atoms. The fraction of sp³-hybridized carbons (Fsp3) is 0.409. The van der Waals surface area contributed by atoms with E-state index in [0.717, 1.165) is 35.2 Å². The molecule has 0 saturated carbocycles. The number of hydrogen-bond donors (Lipinski definition) is 1. The van der Waals surface area contributed by atoms with Crippen LogP contribution >= 0.6 is 11.3 Å². The highest BCUT2D eigenvalue weighted by atomic mass is 32.1. The Labute approximate surface area is 178 Å². The van der Waals surface area contributed by atoms with E-state index >= 15 is 0 Å². The summed E-state index contributed by atoms with van der Waals surface area (Å²) in [5.74, 6) is -0.228. The number of nitrogens with one attached hydrogen (secondary N) is 1. The number of aromatic nitrogens is 2. The standard InChI is InChI=1S/C22H25N3O4S/c1-4-24-15-7-5-6-8-16(15)25(22(24)28)12-18(26)23-20-19(21(27)29-3)14-10-9-13(2)11-17(14)30-20/h5-8,13H,4,9-12H2,1-3H3,(H,23,26). The molecule has 2 aromatic heterocycles. The Balaban J connectivity index is 1.66. The van der Waals surface area contributed by atoms with E-state index in [9.17, 15) is 14.4 Å². The maximum atomic E-state index is 12.9. The van der Waals surface area contributed by atoms with Gasteiger partial charge in [-0.05, 0) is 49.8 Å². The molecule has 158 valence electrons. The molecule has 0 radical (unpaired) electrons. The third kappa shape index (κ3) is 3.45. The number of esters is 1. The molecular weight excluding hydrogens is 402 g/mol. The van der Waals surface area contributed by atoms with Crippen LogP contribution in [0.25, 0.3) is 11.0 Å². The Morgan fingerprint density at radius 1 is 1.23 bits per heavy atom. The third-order valence-corrected chi connectivity index (χ3v) is 6.87. The van der Waals surface area contributed by atoms with Crippen molar-refractivity contribution < 1.29 is 14.3 Å². The smallest absolute Gasteiger partial charge is 0.341 e.